The molecule has 2 aromatic carbocycles. The number of anilines is 3. The number of benzene rings is 2. The maximum atomic E-state index is 13.3. The predicted octanol–water partition coefficient (Wildman–Crippen LogP) is 4.33. The lowest BCUT2D eigenvalue weighted by atomic mass is 10.2. The molecule has 0 radical (unpaired) electrons. The Bertz CT molecular complexity index is 929. The maximum Gasteiger partial charge on any atom is 0.277 e. The summed E-state index contributed by atoms with van der Waals surface area (Å²) in [6.07, 6.45) is 1.51. The van der Waals surface area contributed by atoms with Gasteiger partial charge < -0.3 is 10.2 Å². The molecule has 26 heavy (non-hydrogen) atoms. The van der Waals surface area contributed by atoms with Gasteiger partial charge in [0, 0.05) is 24.1 Å². The van der Waals surface area contributed by atoms with Gasteiger partial charge in [-0.1, -0.05) is 18.2 Å². The first-order chi connectivity index (χ1) is 12.6. The molecule has 0 spiro atoms. The van der Waals surface area contributed by atoms with E-state index in [1.807, 2.05) is 38.1 Å². The zero-order valence-corrected chi connectivity index (χ0v) is 14.6. The fourth-order valence-electron chi connectivity index (χ4n) is 2.61. The minimum Gasteiger partial charge on any atom is -0.324 e. The zero-order chi connectivity index (χ0) is 18.5. The van der Waals surface area contributed by atoms with E-state index in [-0.39, 0.29) is 23.4 Å². The number of nitrogens with one attached hydrogen (secondary N) is 1. The van der Waals surface area contributed by atoms with Gasteiger partial charge in [0.05, 0.1) is 0 Å². The number of hydrogen-bond acceptors (Lipinski definition) is 4. The zero-order valence-electron chi connectivity index (χ0n) is 14.6. The molecule has 0 unspecified atom stereocenters. The molecule has 5 nitrogen and oxygen atoms in total. The average Bonchev–Trinajstić information content (AvgIpc) is 2.62. The Morgan fingerprint density at radius 2 is 1.96 bits per heavy atom. The molecule has 0 aliphatic carbocycles. The molecule has 0 fully saturated rings. The van der Waals surface area contributed by atoms with Crippen molar-refractivity contribution in [3.05, 3.63) is 77.9 Å². The molecule has 3 aromatic rings. The molecule has 0 atom stereocenters. The molecule has 1 heterocycles. The van der Waals surface area contributed by atoms with Crippen LogP contribution in [0.3, 0.4) is 0 Å². The van der Waals surface area contributed by atoms with Crippen LogP contribution in [0.5, 0.6) is 0 Å². The van der Waals surface area contributed by atoms with Gasteiger partial charge in [0.1, 0.15) is 11.5 Å². The summed E-state index contributed by atoms with van der Waals surface area (Å²) in [7, 11) is 0. The first-order valence-electron chi connectivity index (χ1n) is 8.31. The Hall–Kier alpha value is -3.28. The maximum absolute atomic E-state index is 13.3. The molecule has 1 amide bonds. The fraction of sp³-hybridized carbons (Fsp3) is 0.150. The van der Waals surface area contributed by atoms with Crippen LogP contribution in [0.4, 0.5) is 21.7 Å². The first kappa shape index (κ1) is 17.5. The first-order valence-corrected chi connectivity index (χ1v) is 8.31. The van der Waals surface area contributed by atoms with Gasteiger partial charge in [-0.05, 0) is 55.8 Å². The van der Waals surface area contributed by atoms with Gasteiger partial charge in [0.2, 0.25) is 5.95 Å². The number of halogens is 1. The molecule has 0 bridgehead atoms. The Labute approximate surface area is 151 Å². The number of amides is 1. The Kier molecular flexibility index (Phi) is 5.22. The second kappa shape index (κ2) is 7.74. The monoisotopic (exact) mass is 350 g/mol. The topological polar surface area (TPSA) is 58.1 Å². The van der Waals surface area contributed by atoms with E-state index in [9.17, 15) is 9.18 Å². The molecular weight excluding hydrogens is 331 g/mol. The van der Waals surface area contributed by atoms with Crippen LogP contribution >= 0.6 is 0 Å². The summed E-state index contributed by atoms with van der Waals surface area (Å²) in [6.45, 7) is 4.40. The molecule has 3 rings (SSSR count). The summed E-state index contributed by atoms with van der Waals surface area (Å²) in [5.74, 6) is -0.344. The van der Waals surface area contributed by atoms with Crippen LogP contribution in [0.15, 0.2) is 60.8 Å². The van der Waals surface area contributed by atoms with Gasteiger partial charge >= 0.3 is 0 Å². The highest BCUT2D eigenvalue weighted by Gasteiger charge is 2.18. The van der Waals surface area contributed by atoms with Crippen molar-refractivity contribution < 1.29 is 9.18 Å². The Morgan fingerprint density at radius 1 is 1.15 bits per heavy atom. The molecule has 0 saturated heterocycles. The summed E-state index contributed by atoms with van der Waals surface area (Å²) < 4.78 is 13.3. The smallest absolute Gasteiger partial charge is 0.277 e. The van der Waals surface area contributed by atoms with Gasteiger partial charge in [-0.15, -0.1) is 0 Å². The van der Waals surface area contributed by atoms with Crippen molar-refractivity contribution in [2.75, 3.05) is 16.8 Å². The number of carbonyl (C=O) groups is 1. The Balaban J connectivity index is 1.85. The largest absolute Gasteiger partial charge is 0.324 e. The minimum absolute atomic E-state index is 0.220. The lowest BCUT2D eigenvalue weighted by Gasteiger charge is -2.21. The number of hydrogen-bond donors (Lipinski definition) is 1. The summed E-state index contributed by atoms with van der Waals surface area (Å²) in [6, 6.07) is 15.3. The van der Waals surface area contributed by atoms with Crippen molar-refractivity contribution in [3.63, 3.8) is 0 Å². The lowest BCUT2D eigenvalue weighted by molar-refractivity contribution is 0.0983. The number of carbonyl (C=O) groups excluding carboxylic acids is 1. The molecule has 0 aliphatic heterocycles. The summed E-state index contributed by atoms with van der Waals surface area (Å²) in [5, 5.41) is 2.91. The average molecular weight is 350 g/mol. The van der Waals surface area contributed by atoms with Crippen molar-refractivity contribution in [3.8, 4) is 0 Å². The van der Waals surface area contributed by atoms with Crippen molar-refractivity contribution >= 4 is 23.2 Å². The van der Waals surface area contributed by atoms with Crippen LogP contribution in [-0.2, 0) is 0 Å². The third-order valence-corrected chi connectivity index (χ3v) is 3.83. The highest BCUT2D eigenvalue weighted by molar-refractivity contribution is 6.04. The fourth-order valence-corrected chi connectivity index (χ4v) is 2.61. The van der Waals surface area contributed by atoms with E-state index < -0.39 is 0 Å². The number of rotatable bonds is 5. The molecule has 0 saturated carbocycles. The highest BCUT2D eigenvalue weighted by atomic mass is 19.1. The van der Waals surface area contributed by atoms with E-state index in [4.69, 9.17) is 0 Å². The van der Waals surface area contributed by atoms with Gasteiger partial charge in [0.25, 0.3) is 5.91 Å². The van der Waals surface area contributed by atoms with Crippen molar-refractivity contribution in [1.82, 2.24) is 9.97 Å². The van der Waals surface area contributed by atoms with Gasteiger partial charge in [0.15, 0.2) is 0 Å². The lowest BCUT2D eigenvalue weighted by Crippen LogP contribution is -2.31. The van der Waals surface area contributed by atoms with Crippen LogP contribution < -0.4 is 10.2 Å². The van der Waals surface area contributed by atoms with Crippen LogP contribution in [0.2, 0.25) is 0 Å². The van der Waals surface area contributed by atoms with Crippen LogP contribution in [0.25, 0.3) is 0 Å². The molecule has 132 valence electrons. The van der Waals surface area contributed by atoms with E-state index in [0.29, 0.717) is 12.2 Å². The molecular formula is C20H19FN4O. The highest BCUT2D eigenvalue weighted by Crippen LogP contribution is 2.19. The number of aryl methyl sites for hydroxylation is 1. The summed E-state index contributed by atoms with van der Waals surface area (Å²) in [4.78, 5) is 22.9. The Morgan fingerprint density at radius 3 is 2.69 bits per heavy atom. The predicted molar refractivity (Wildman–Crippen MR) is 100 cm³/mol. The van der Waals surface area contributed by atoms with Gasteiger partial charge in [-0.3, -0.25) is 4.79 Å². The second-order valence-electron chi connectivity index (χ2n) is 5.79. The van der Waals surface area contributed by atoms with E-state index in [2.05, 4.69) is 15.3 Å². The minimum atomic E-state index is -0.362. The molecule has 6 heteroatoms. The van der Waals surface area contributed by atoms with E-state index >= 15 is 0 Å². The van der Waals surface area contributed by atoms with Crippen LogP contribution in [-0.4, -0.2) is 22.4 Å². The molecule has 1 N–H and O–H groups in total. The molecule has 1 aromatic heterocycles. The van der Waals surface area contributed by atoms with E-state index in [1.54, 1.807) is 23.1 Å². The third kappa shape index (κ3) is 4.03. The second-order valence-corrected chi connectivity index (χ2v) is 5.79. The van der Waals surface area contributed by atoms with Crippen molar-refractivity contribution in [2.45, 2.75) is 13.8 Å². The van der Waals surface area contributed by atoms with Crippen molar-refractivity contribution in [1.29, 1.82) is 0 Å². The van der Waals surface area contributed by atoms with Crippen LogP contribution in [0, 0.1) is 12.7 Å². The third-order valence-electron chi connectivity index (χ3n) is 3.83. The number of aromatic nitrogens is 2. The van der Waals surface area contributed by atoms with E-state index in [1.165, 1.54) is 18.3 Å². The SMILES string of the molecule is CCN(C(=O)c1ccnc(Nc2cccc(F)c2)n1)c1cccc(C)c1. The quantitative estimate of drug-likeness (QED) is 0.744. The van der Waals surface area contributed by atoms with Gasteiger partial charge in [-0.2, -0.15) is 0 Å². The number of nitrogens with zero attached hydrogens (tertiary/aromatic N) is 3. The van der Waals surface area contributed by atoms with E-state index in [0.717, 1.165) is 11.3 Å². The molecule has 0 aliphatic rings. The normalized spacial score (nSPS) is 10.4. The van der Waals surface area contributed by atoms with Crippen LogP contribution in [0.1, 0.15) is 23.0 Å². The van der Waals surface area contributed by atoms with Gasteiger partial charge in [-0.25, -0.2) is 14.4 Å². The summed E-state index contributed by atoms with van der Waals surface area (Å²) in [5.41, 5.74) is 2.67. The van der Waals surface area contributed by atoms with Crippen molar-refractivity contribution in [2.24, 2.45) is 0 Å². The summed E-state index contributed by atoms with van der Waals surface area (Å²) >= 11 is 0. The standard InChI is InChI=1S/C20H19FN4O/c1-3-25(17-9-4-6-14(2)12-17)19(26)18-10-11-22-20(24-18)23-16-8-5-7-15(21)13-16/h4-13H,3H2,1-2H3,(H,22,23,24).